The van der Waals surface area contributed by atoms with Crippen LogP contribution in [-0.2, 0) is 5.41 Å². The summed E-state index contributed by atoms with van der Waals surface area (Å²) < 4.78 is 0. The van der Waals surface area contributed by atoms with Crippen LogP contribution in [0, 0.1) is 0 Å². The fourth-order valence-electron chi connectivity index (χ4n) is 1.47. The first kappa shape index (κ1) is 14.5. The van der Waals surface area contributed by atoms with Crippen molar-refractivity contribution in [3.05, 3.63) is 35.4 Å². The van der Waals surface area contributed by atoms with Crippen LogP contribution in [0.25, 0.3) is 0 Å². The van der Waals surface area contributed by atoms with E-state index in [0.29, 0.717) is 0 Å². The van der Waals surface area contributed by atoms with Gasteiger partial charge in [0, 0.05) is 6.04 Å². The minimum atomic E-state index is 0. The Morgan fingerprint density at radius 2 is 1.60 bits per heavy atom. The summed E-state index contributed by atoms with van der Waals surface area (Å²) in [5.74, 6) is 0. The average molecular weight is 228 g/mol. The highest BCUT2D eigenvalue weighted by atomic mass is 35.5. The molecule has 2 N–H and O–H groups in total. The number of halogens is 1. The third-order valence-electron chi connectivity index (χ3n) is 2.64. The Bertz CT molecular complexity index is 284. The van der Waals surface area contributed by atoms with Gasteiger partial charge in [0.2, 0.25) is 0 Å². The number of nitrogens with two attached hydrogens (primary N) is 1. The van der Waals surface area contributed by atoms with Gasteiger partial charge in [-0.2, -0.15) is 0 Å². The molecule has 1 nitrogen and oxygen atoms in total. The van der Waals surface area contributed by atoms with Crippen molar-refractivity contribution in [2.45, 2.75) is 45.6 Å². The van der Waals surface area contributed by atoms with Gasteiger partial charge >= 0.3 is 0 Å². The number of rotatable bonds is 2. The van der Waals surface area contributed by atoms with Gasteiger partial charge in [0.1, 0.15) is 0 Å². The molecule has 0 aliphatic carbocycles. The zero-order chi connectivity index (χ0) is 10.8. The maximum atomic E-state index is 5.95. The zero-order valence-electron chi connectivity index (χ0n) is 10.1. The molecule has 0 radical (unpaired) electrons. The van der Waals surface area contributed by atoms with Crippen molar-refractivity contribution in [3.63, 3.8) is 0 Å². The van der Waals surface area contributed by atoms with Crippen LogP contribution < -0.4 is 5.73 Å². The molecule has 1 aromatic carbocycles. The monoisotopic (exact) mass is 227 g/mol. The largest absolute Gasteiger partial charge is 0.324 e. The number of benzene rings is 1. The van der Waals surface area contributed by atoms with Gasteiger partial charge in [-0.3, -0.25) is 0 Å². The fraction of sp³-hybridized carbons (Fsp3) is 0.538. The predicted octanol–water partition coefficient (Wildman–Crippen LogP) is 3.82. The highest BCUT2D eigenvalue weighted by Gasteiger charge is 2.13. The van der Waals surface area contributed by atoms with E-state index >= 15 is 0 Å². The van der Waals surface area contributed by atoms with Gasteiger partial charge in [0.05, 0.1) is 0 Å². The lowest BCUT2D eigenvalue weighted by atomic mass is 9.86. The van der Waals surface area contributed by atoms with E-state index in [-0.39, 0.29) is 23.9 Å². The first-order chi connectivity index (χ1) is 6.45. The average Bonchev–Trinajstić information content (AvgIpc) is 2.15. The Morgan fingerprint density at radius 3 is 1.93 bits per heavy atom. The summed E-state index contributed by atoms with van der Waals surface area (Å²) in [6, 6.07) is 8.85. The maximum Gasteiger partial charge on any atom is 0.0292 e. The number of hydrogen-bond acceptors (Lipinski definition) is 1. The smallest absolute Gasteiger partial charge is 0.0292 e. The van der Waals surface area contributed by atoms with E-state index in [9.17, 15) is 0 Å². The van der Waals surface area contributed by atoms with E-state index in [1.54, 1.807) is 0 Å². The molecule has 0 saturated heterocycles. The van der Waals surface area contributed by atoms with Gasteiger partial charge in [-0.05, 0) is 23.0 Å². The summed E-state index contributed by atoms with van der Waals surface area (Å²) in [5.41, 5.74) is 8.79. The lowest BCUT2D eigenvalue weighted by molar-refractivity contribution is 0.589. The van der Waals surface area contributed by atoms with Crippen LogP contribution in [0.4, 0.5) is 0 Å². The van der Waals surface area contributed by atoms with Crippen molar-refractivity contribution in [2.75, 3.05) is 0 Å². The van der Waals surface area contributed by atoms with Crippen LogP contribution in [0.15, 0.2) is 24.3 Å². The van der Waals surface area contributed by atoms with E-state index < -0.39 is 0 Å². The van der Waals surface area contributed by atoms with E-state index in [0.717, 1.165) is 6.42 Å². The summed E-state index contributed by atoms with van der Waals surface area (Å²) in [5, 5.41) is 0. The van der Waals surface area contributed by atoms with Crippen LogP contribution in [0.1, 0.15) is 51.3 Å². The second-order valence-corrected chi connectivity index (χ2v) is 4.89. The van der Waals surface area contributed by atoms with Gasteiger partial charge in [0.25, 0.3) is 0 Å². The molecule has 86 valence electrons. The first-order valence-corrected chi connectivity index (χ1v) is 5.31. The Kier molecular flexibility index (Phi) is 5.33. The molecule has 0 aliphatic rings. The van der Waals surface area contributed by atoms with E-state index in [1.807, 2.05) is 0 Å². The van der Waals surface area contributed by atoms with E-state index in [2.05, 4.69) is 52.0 Å². The topological polar surface area (TPSA) is 26.0 Å². The second kappa shape index (κ2) is 5.53. The minimum absolute atomic E-state index is 0. The summed E-state index contributed by atoms with van der Waals surface area (Å²) in [6.45, 7) is 8.79. The molecule has 0 unspecified atom stereocenters. The van der Waals surface area contributed by atoms with Crippen LogP contribution in [0.3, 0.4) is 0 Å². The summed E-state index contributed by atoms with van der Waals surface area (Å²) in [7, 11) is 0. The summed E-state index contributed by atoms with van der Waals surface area (Å²) >= 11 is 0. The molecule has 0 aromatic heterocycles. The van der Waals surface area contributed by atoms with Crippen molar-refractivity contribution < 1.29 is 0 Å². The van der Waals surface area contributed by atoms with Crippen LogP contribution in [0.5, 0.6) is 0 Å². The molecule has 1 aromatic rings. The van der Waals surface area contributed by atoms with Gasteiger partial charge < -0.3 is 5.73 Å². The standard InChI is InChI=1S/C13H21N.ClH/c1-5-12(14)10-6-8-11(9-7-10)13(2,3)4;/h6-9,12H,5,14H2,1-4H3;1H/t12-;/m1./s1. The first-order valence-electron chi connectivity index (χ1n) is 5.31. The highest BCUT2D eigenvalue weighted by Crippen LogP contribution is 2.23. The Hall–Kier alpha value is -0.530. The maximum absolute atomic E-state index is 5.95. The molecule has 0 amide bonds. The van der Waals surface area contributed by atoms with E-state index in [4.69, 9.17) is 5.73 Å². The molecule has 0 saturated carbocycles. The highest BCUT2D eigenvalue weighted by molar-refractivity contribution is 5.85. The molecular weight excluding hydrogens is 206 g/mol. The van der Waals surface area contributed by atoms with Crippen molar-refractivity contribution in [1.29, 1.82) is 0 Å². The van der Waals surface area contributed by atoms with Crippen molar-refractivity contribution >= 4 is 12.4 Å². The van der Waals surface area contributed by atoms with Crippen LogP contribution >= 0.6 is 12.4 Å². The third kappa shape index (κ3) is 3.84. The molecular formula is C13H22ClN. The van der Waals surface area contributed by atoms with Gasteiger partial charge in [-0.1, -0.05) is 52.0 Å². The molecule has 2 heteroatoms. The third-order valence-corrected chi connectivity index (χ3v) is 2.64. The molecule has 0 bridgehead atoms. The van der Waals surface area contributed by atoms with Gasteiger partial charge in [0.15, 0.2) is 0 Å². The summed E-state index contributed by atoms with van der Waals surface area (Å²) in [4.78, 5) is 0. The quantitative estimate of drug-likeness (QED) is 0.817. The summed E-state index contributed by atoms with van der Waals surface area (Å²) in [6.07, 6.45) is 0.995. The van der Waals surface area contributed by atoms with Gasteiger partial charge in [-0.25, -0.2) is 0 Å². The SMILES string of the molecule is CC[C@@H](N)c1ccc(C(C)(C)C)cc1.Cl. The van der Waals surface area contributed by atoms with Crippen LogP contribution in [0.2, 0.25) is 0 Å². The van der Waals surface area contributed by atoms with Gasteiger partial charge in [-0.15, -0.1) is 12.4 Å². The van der Waals surface area contributed by atoms with Crippen molar-refractivity contribution in [1.82, 2.24) is 0 Å². The molecule has 0 aliphatic heterocycles. The van der Waals surface area contributed by atoms with Crippen molar-refractivity contribution in [2.24, 2.45) is 5.73 Å². The fourth-order valence-corrected chi connectivity index (χ4v) is 1.47. The predicted molar refractivity (Wildman–Crippen MR) is 69.6 cm³/mol. The molecule has 15 heavy (non-hydrogen) atoms. The number of hydrogen-bond donors (Lipinski definition) is 1. The molecule has 0 fully saturated rings. The second-order valence-electron chi connectivity index (χ2n) is 4.89. The van der Waals surface area contributed by atoms with Crippen LogP contribution in [-0.4, -0.2) is 0 Å². The minimum Gasteiger partial charge on any atom is -0.324 e. The van der Waals surface area contributed by atoms with E-state index in [1.165, 1.54) is 11.1 Å². The zero-order valence-corrected chi connectivity index (χ0v) is 10.9. The Morgan fingerprint density at radius 1 is 1.13 bits per heavy atom. The Labute approximate surface area is 99.5 Å². The molecule has 1 rings (SSSR count). The molecule has 0 heterocycles. The normalized spacial score (nSPS) is 13.1. The van der Waals surface area contributed by atoms with Crippen molar-refractivity contribution in [3.8, 4) is 0 Å². The lowest BCUT2D eigenvalue weighted by Crippen LogP contribution is -2.12. The Balaban J connectivity index is 0.00000196. The molecule has 1 atom stereocenters. The molecule has 0 spiro atoms. The lowest BCUT2D eigenvalue weighted by Gasteiger charge is -2.20.